The summed E-state index contributed by atoms with van der Waals surface area (Å²) in [5, 5.41) is 0. The fourth-order valence-electron chi connectivity index (χ4n) is 1.10. The molecule has 3 nitrogen and oxygen atoms in total. The van der Waals surface area contributed by atoms with Crippen LogP contribution in [0.25, 0.3) is 0 Å². The van der Waals surface area contributed by atoms with Gasteiger partial charge in [-0.15, -0.1) is 0 Å². The summed E-state index contributed by atoms with van der Waals surface area (Å²) in [5.74, 6) is 2.72. The van der Waals surface area contributed by atoms with Crippen LogP contribution in [-0.2, 0) is 10.0 Å². The van der Waals surface area contributed by atoms with Crippen LogP contribution in [0.1, 0.15) is 12.0 Å². The standard InChI is InChI=1S/C11H12BrNO2S/c1-10-4-6-11(7-5-10)16(14,15)13-9-3-2-8-12/h4-7,13H,3,9H2,1H3. The van der Waals surface area contributed by atoms with Crippen molar-refractivity contribution in [3.05, 3.63) is 29.8 Å². The third kappa shape index (κ3) is 3.97. The smallest absolute Gasteiger partial charge is 0.210 e. The quantitative estimate of drug-likeness (QED) is 0.683. The molecule has 0 aliphatic heterocycles. The van der Waals surface area contributed by atoms with Gasteiger partial charge in [0.25, 0.3) is 0 Å². The number of hydrogen-bond acceptors (Lipinski definition) is 2. The minimum Gasteiger partial charge on any atom is -0.210 e. The second kappa shape index (κ2) is 6.04. The van der Waals surface area contributed by atoms with E-state index in [1.54, 1.807) is 24.3 Å². The fourth-order valence-corrected chi connectivity index (χ4v) is 2.33. The Morgan fingerprint density at radius 1 is 1.31 bits per heavy atom. The summed E-state index contributed by atoms with van der Waals surface area (Å²) in [6.45, 7) is 2.23. The van der Waals surface area contributed by atoms with Crippen molar-refractivity contribution in [2.24, 2.45) is 0 Å². The molecule has 5 heteroatoms. The molecule has 1 rings (SSSR count). The van der Waals surface area contributed by atoms with E-state index in [1.165, 1.54) is 0 Å². The van der Waals surface area contributed by atoms with Crippen LogP contribution in [0.3, 0.4) is 0 Å². The molecule has 1 N–H and O–H groups in total. The first-order chi connectivity index (χ1) is 7.56. The second-order valence-corrected chi connectivity index (χ2v) is 5.40. The third-order valence-corrected chi connectivity index (χ3v) is 3.70. The molecule has 1 aromatic rings. The van der Waals surface area contributed by atoms with Crippen molar-refractivity contribution in [2.45, 2.75) is 18.2 Å². The van der Waals surface area contributed by atoms with Gasteiger partial charge in [0, 0.05) is 28.9 Å². The maximum Gasteiger partial charge on any atom is 0.240 e. The number of aryl methyl sites for hydroxylation is 1. The van der Waals surface area contributed by atoms with Crippen LogP contribution >= 0.6 is 15.9 Å². The predicted octanol–water partition coefficient (Wildman–Crippen LogP) is 2.02. The Hall–Kier alpha value is -0.830. The topological polar surface area (TPSA) is 46.2 Å². The molecule has 0 amide bonds. The number of nitrogens with one attached hydrogen (secondary N) is 1. The first-order valence-corrected chi connectivity index (χ1v) is 6.99. The zero-order chi connectivity index (χ0) is 12.0. The monoisotopic (exact) mass is 301 g/mol. The lowest BCUT2D eigenvalue weighted by Gasteiger charge is -2.05. The lowest BCUT2D eigenvalue weighted by Crippen LogP contribution is -2.24. The molecule has 0 saturated heterocycles. The number of hydrogen-bond donors (Lipinski definition) is 1. The van der Waals surface area contributed by atoms with Gasteiger partial charge in [-0.2, -0.15) is 0 Å². The molecule has 0 spiro atoms. The van der Waals surface area contributed by atoms with Crippen molar-refractivity contribution in [1.82, 2.24) is 4.72 Å². The first kappa shape index (κ1) is 13.2. The van der Waals surface area contributed by atoms with Gasteiger partial charge in [-0.25, -0.2) is 13.1 Å². The van der Waals surface area contributed by atoms with E-state index in [0.29, 0.717) is 13.0 Å². The molecule has 0 unspecified atom stereocenters. The van der Waals surface area contributed by atoms with Crippen molar-refractivity contribution >= 4 is 26.0 Å². The van der Waals surface area contributed by atoms with E-state index in [2.05, 4.69) is 31.4 Å². The number of sulfonamides is 1. The van der Waals surface area contributed by atoms with E-state index in [-0.39, 0.29) is 4.90 Å². The van der Waals surface area contributed by atoms with Crippen molar-refractivity contribution in [3.63, 3.8) is 0 Å². The molecule has 0 aliphatic carbocycles. The average Bonchev–Trinajstić information content (AvgIpc) is 2.25. The molecule has 0 saturated carbocycles. The Morgan fingerprint density at radius 2 is 1.94 bits per heavy atom. The van der Waals surface area contributed by atoms with Gasteiger partial charge in [0.05, 0.1) is 4.90 Å². The van der Waals surface area contributed by atoms with Crippen LogP contribution in [0.4, 0.5) is 0 Å². The number of rotatable bonds is 4. The normalized spacial score (nSPS) is 10.6. The molecule has 0 radical (unpaired) electrons. The molecule has 1 aromatic carbocycles. The van der Waals surface area contributed by atoms with E-state index in [9.17, 15) is 8.42 Å². The number of halogens is 1. The number of benzene rings is 1. The highest BCUT2D eigenvalue weighted by atomic mass is 79.9. The summed E-state index contributed by atoms with van der Waals surface area (Å²) in [5.41, 5.74) is 1.03. The van der Waals surface area contributed by atoms with Gasteiger partial charge in [-0.05, 0) is 23.9 Å². The molecular weight excluding hydrogens is 290 g/mol. The lowest BCUT2D eigenvalue weighted by molar-refractivity contribution is 0.582. The van der Waals surface area contributed by atoms with Crippen LogP contribution in [0.15, 0.2) is 29.2 Å². The zero-order valence-corrected chi connectivity index (χ0v) is 11.2. The van der Waals surface area contributed by atoms with E-state index in [1.807, 2.05) is 6.92 Å². The Balaban J connectivity index is 2.69. The zero-order valence-electron chi connectivity index (χ0n) is 8.83. The average molecular weight is 302 g/mol. The van der Waals surface area contributed by atoms with Crippen molar-refractivity contribution in [3.8, 4) is 10.8 Å². The summed E-state index contributed by atoms with van der Waals surface area (Å²) in [6, 6.07) is 6.72. The molecule has 0 fully saturated rings. The molecular formula is C11H12BrNO2S. The van der Waals surface area contributed by atoms with Gasteiger partial charge in [0.15, 0.2) is 0 Å². The molecule has 0 atom stereocenters. The van der Waals surface area contributed by atoms with Gasteiger partial charge in [-0.1, -0.05) is 23.6 Å². The Bertz CT molecular complexity index is 497. The predicted molar refractivity (Wildman–Crippen MR) is 67.7 cm³/mol. The molecule has 0 heterocycles. The SMILES string of the molecule is Cc1ccc(S(=O)(=O)NCCC#CBr)cc1. The maximum absolute atomic E-state index is 11.7. The second-order valence-electron chi connectivity index (χ2n) is 3.23. The summed E-state index contributed by atoms with van der Waals surface area (Å²) in [4.78, 5) is 2.81. The van der Waals surface area contributed by atoms with Crippen LogP contribution in [0.2, 0.25) is 0 Å². The minimum atomic E-state index is -3.39. The lowest BCUT2D eigenvalue weighted by atomic mass is 10.2. The Morgan fingerprint density at radius 3 is 2.50 bits per heavy atom. The van der Waals surface area contributed by atoms with Gasteiger partial charge >= 0.3 is 0 Å². The van der Waals surface area contributed by atoms with Gasteiger partial charge in [0.2, 0.25) is 10.0 Å². The molecule has 0 bridgehead atoms. The highest BCUT2D eigenvalue weighted by Crippen LogP contribution is 2.09. The van der Waals surface area contributed by atoms with E-state index in [4.69, 9.17) is 0 Å². The van der Waals surface area contributed by atoms with E-state index in [0.717, 1.165) is 5.56 Å². The maximum atomic E-state index is 11.7. The van der Waals surface area contributed by atoms with Gasteiger partial charge < -0.3 is 0 Å². The molecule has 86 valence electrons. The summed E-state index contributed by atoms with van der Waals surface area (Å²) < 4.78 is 25.9. The molecule has 16 heavy (non-hydrogen) atoms. The van der Waals surface area contributed by atoms with Crippen LogP contribution in [-0.4, -0.2) is 15.0 Å². The summed E-state index contributed by atoms with van der Waals surface area (Å²) in [6.07, 6.45) is 0.482. The highest BCUT2D eigenvalue weighted by molar-refractivity contribution is 9.12. The summed E-state index contributed by atoms with van der Waals surface area (Å²) in [7, 11) is -3.39. The Labute approximate surface area is 104 Å². The summed E-state index contributed by atoms with van der Waals surface area (Å²) >= 11 is 2.94. The minimum absolute atomic E-state index is 0.282. The van der Waals surface area contributed by atoms with E-state index < -0.39 is 10.0 Å². The van der Waals surface area contributed by atoms with E-state index >= 15 is 0 Å². The van der Waals surface area contributed by atoms with Crippen LogP contribution in [0.5, 0.6) is 0 Å². The van der Waals surface area contributed by atoms with Crippen molar-refractivity contribution in [1.29, 1.82) is 0 Å². The van der Waals surface area contributed by atoms with Crippen LogP contribution in [0, 0.1) is 17.7 Å². The fraction of sp³-hybridized carbons (Fsp3) is 0.273. The first-order valence-electron chi connectivity index (χ1n) is 4.71. The molecule has 0 aliphatic rings. The third-order valence-electron chi connectivity index (χ3n) is 1.94. The Kier molecular flexibility index (Phi) is 5.00. The van der Waals surface area contributed by atoms with Crippen molar-refractivity contribution in [2.75, 3.05) is 6.54 Å². The largest absolute Gasteiger partial charge is 0.240 e. The van der Waals surface area contributed by atoms with Crippen LogP contribution < -0.4 is 4.72 Å². The highest BCUT2D eigenvalue weighted by Gasteiger charge is 2.11. The van der Waals surface area contributed by atoms with Gasteiger partial charge in [0.1, 0.15) is 0 Å². The molecule has 0 aromatic heterocycles. The van der Waals surface area contributed by atoms with Gasteiger partial charge in [-0.3, -0.25) is 0 Å². The van der Waals surface area contributed by atoms with Crippen molar-refractivity contribution < 1.29 is 8.42 Å².